The minimum Gasteiger partial charge on any atom is -0.265 e. The summed E-state index contributed by atoms with van der Waals surface area (Å²) in [6.45, 7) is 5.61. The third-order valence-electron chi connectivity index (χ3n) is 4.05. The van der Waals surface area contributed by atoms with E-state index in [1.54, 1.807) is 13.1 Å². The van der Waals surface area contributed by atoms with E-state index in [1.165, 1.54) is 4.68 Å². The molecule has 10 heteroatoms. The van der Waals surface area contributed by atoms with Crippen LogP contribution in [0.15, 0.2) is 5.10 Å². The normalized spacial score (nSPS) is 20.6. The number of sulfone groups is 1. The fourth-order valence-electron chi connectivity index (χ4n) is 2.81. The Morgan fingerprint density at radius 2 is 2.13 bits per heavy atom. The standard InChI is InChI=1S/C13H18N6O2S2/c1-8-12(6-14-19-10(3)15-16-13(19)22)9(2)18(17-8)11-4-5-23(20,21)7-11/h6,11H,4-5,7H2,1-3H3,(H,16,22)/t11-/m1/s1. The van der Waals surface area contributed by atoms with E-state index in [0.717, 1.165) is 17.0 Å². The third kappa shape index (κ3) is 3.00. The monoisotopic (exact) mass is 354 g/mol. The largest absolute Gasteiger partial charge is 0.265 e. The van der Waals surface area contributed by atoms with E-state index in [9.17, 15) is 8.42 Å². The Hall–Kier alpha value is -1.81. The average molecular weight is 354 g/mol. The molecule has 0 radical (unpaired) electrons. The number of hydrogen-bond acceptors (Lipinski definition) is 6. The van der Waals surface area contributed by atoms with Crippen LogP contribution in [0.4, 0.5) is 0 Å². The number of aromatic amines is 1. The maximum atomic E-state index is 11.7. The van der Waals surface area contributed by atoms with Gasteiger partial charge >= 0.3 is 0 Å². The van der Waals surface area contributed by atoms with Gasteiger partial charge in [-0.3, -0.25) is 9.78 Å². The van der Waals surface area contributed by atoms with Crippen molar-refractivity contribution in [2.75, 3.05) is 11.5 Å². The van der Waals surface area contributed by atoms with E-state index in [1.807, 2.05) is 18.5 Å². The molecular formula is C13H18N6O2S2. The Labute approximate surface area is 139 Å². The highest BCUT2D eigenvalue weighted by molar-refractivity contribution is 7.91. The molecule has 1 aliphatic rings. The maximum absolute atomic E-state index is 11.7. The Bertz CT molecular complexity index is 934. The van der Waals surface area contributed by atoms with Crippen molar-refractivity contribution in [3.05, 3.63) is 27.5 Å². The van der Waals surface area contributed by atoms with Crippen LogP contribution in [-0.2, 0) is 9.84 Å². The molecule has 8 nitrogen and oxygen atoms in total. The van der Waals surface area contributed by atoms with Crippen LogP contribution in [0.1, 0.15) is 35.2 Å². The molecule has 0 spiro atoms. The van der Waals surface area contributed by atoms with E-state index in [-0.39, 0.29) is 17.5 Å². The Kier molecular flexibility index (Phi) is 3.96. The summed E-state index contributed by atoms with van der Waals surface area (Å²) < 4.78 is 27.1. The molecule has 0 saturated carbocycles. The summed E-state index contributed by atoms with van der Waals surface area (Å²) in [5.41, 5.74) is 2.58. The molecule has 124 valence electrons. The van der Waals surface area contributed by atoms with Crippen LogP contribution in [0.5, 0.6) is 0 Å². The first-order valence-electron chi connectivity index (χ1n) is 7.23. The Balaban J connectivity index is 1.94. The SMILES string of the molecule is Cc1nn([C@@H]2CCS(=O)(=O)C2)c(C)c1C=Nn1c(C)n[nH]c1=S. The number of aryl methyl sites for hydroxylation is 2. The van der Waals surface area contributed by atoms with Crippen LogP contribution in [0.2, 0.25) is 0 Å². The molecule has 0 aromatic carbocycles. The summed E-state index contributed by atoms with van der Waals surface area (Å²) in [6, 6.07) is -0.0984. The first kappa shape index (κ1) is 16.1. The first-order valence-corrected chi connectivity index (χ1v) is 9.46. The topological polar surface area (TPSA) is 97.9 Å². The van der Waals surface area contributed by atoms with Crippen molar-refractivity contribution in [2.45, 2.75) is 33.2 Å². The maximum Gasteiger partial charge on any atom is 0.216 e. The molecule has 1 saturated heterocycles. The number of nitrogens with one attached hydrogen (secondary N) is 1. The van der Waals surface area contributed by atoms with E-state index in [4.69, 9.17) is 12.2 Å². The highest BCUT2D eigenvalue weighted by Crippen LogP contribution is 2.26. The fourth-order valence-corrected chi connectivity index (χ4v) is 4.73. The van der Waals surface area contributed by atoms with Gasteiger partial charge in [0.25, 0.3) is 0 Å². The predicted octanol–water partition coefficient (Wildman–Crippen LogP) is 1.30. The van der Waals surface area contributed by atoms with Gasteiger partial charge in [-0.15, -0.1) is 0 Å². The zero-order valence-corrected chi connectivity index (χ0v) is 14.8. The zero-order valence-electron chi connectivity index (χ0n) is 13.1. The molecule has 1 N–H and O–H groups in total. The van der Waals surface area contributed by atoms with Crippen LogP contribution < -0.4 is 0 Å². The molecule has 1 atom stereocenters. The summed E-state index contributed by atoms with van der Waals surface area (Å²) in [5, 5.41) is 15.5. The highest BCUT2D eigenvalue weighted by Gasteiger charge is 2.31. The lowest BCUT2D eigenvalue weighted by atomic mass is 10.2. The van der Waals surface area contributed by atoms with Crippen molar-refractivity contribution in [2.24, 2.45) is 5.10 Å². The molecule has 3 rings (SSSR count). The Morgan fingerprint density at radius 3 is 2.70 bits per heavy atom. The predicted molar refractivity (Wildman–Crippen MR) is 89.1 cm³/mol. The van der Waals surface area contributed by atoms with Gasteiger partial charge in [-0.1, -0.05) is 0 Å². The molecule has 1 fully saturated rings. The van der Waals surface area contributed by atoms with E-state index >= 15 is 0 Å². The van der Waals surface area contributed by atoms with Crippen molar-refractivity contribution in [1.82, 2.24) is 24.7 Å². The van der Waals surface area contributed by atoms with E-state index < -0.39 is 9.84 Å². The lowest BCUT2D eigenvalue weighted by Crippen LogP contribution is -2.14. The van der Waals surface area contributed by atoms with Crippen molar-refractivity contribution in [3.63, 3.8) is 0 Å². The summed E-state index contributed by atoms with van der Waals surface area (Å²) in [4.78, 5) is 0. The van der Waals surface area contributed by atoms with Gasteiger partial charge in [0, 0.05) is 11.3 Å². The second-order valence-corrected chi connectivity index (χ2v) is 8.33. The van der Waals surface area contributed by atoms with Gasteiger partial charge in [0.2, 0.25) is 4.77 Å². The van der Waals surface area contributed by atoms with Gasteiger partial charge in [-0.05, 0) is 39.4 Å². The molecule has 23 heavy (non-hydrogen) atoms. The number of rotatable bonds is 3. The number of nitrogens with zero attached hydrogens (tertiary/aromatic N) is 5. The quantitative estimate of drug-likeness (QED) is 0.662. The van der Waals surface area contributed by atoms with Crippen molar-refractivity contribution in [1.29, 1.82) is 0 Å². The lowest BCUT2D eigenvalue weighted by Gasteiger charge is -2.10. The summed E-state index contributed by atoms with van der Waals surface area (Å²) in [6.07, 6.45) is 2.29. The van der Waals surface area contributed by atoms with E-state index in [2.05, 4.69) is 20.4 Å². The van der Waals surface area contributed by atoms with Gasteiger partial charge in [-0.2, -0.15) is 20.0 Å². The van der Waals surface area contributed by atoms with Crippen molar-refractivity contribution in [3.8, 4) is 0 Å². The fraction of sp³-hybridized carbons (Fsp3) is 0.538. The van der Waals surface area contributed by atoms with Gasteiger partial charge in [0.15, 0.2) is 9.84 Å². The van der Waals surface area contributed by atoms with Crippen LogP contribution in [0.3, 0.4) is 0 Å². The lowest BCUT2D eigenvalue weighted by molar-refractivity contribution is 0.486. The average Bonchev–Trinajstić information content (AvgIpc) is 3.08. The smallest absolute Gasteiger partial charge is 0.216 e. The minimum atomic E-state index is -2.95. The second kappa shape index (κ2) is 5.68. The van der Waals surface area contributed by atoms with Crippen LogP contribution in [-0.4, -0.2) is 50.8 Å². The summed E-state index contributed by atoms with van der Waals surface area (Å²) in [7, 11) is -2.95. The van der Waals surface area contributed by atoms with Gasteiger partial charge in [-0.25, -0.2) is 8.42 Å². The molecule has 2 aromatic rings. The molecule has 0 aliphatic carbocycles. The molecule has 1 aliphatic heterocycles. The molecule has 3 heterocycles. The van der Waals surface area contributed by atoms with Crippen molar-refractivity contribution < 1.29 is 8.42 Å². The van der Waals surface area contributed by atoms with Crippen molar-refractivity contribution >= 4 is 28.3 Å². The van der Waals surface area contributed by atoms with Gasteiger partial charge in [0.05, 0.1) is 29.5 Å². The summed E-state index contributed by atoms with van der Waals surface area (Å²) >= 11 is 5.12. The number of aromatic nitrogens is 5. The van der Waals surface area contributed by atoms with E-state index in [0.29, 0.717) is 17.0 Å². The first-order chi connectivity index (χ1) is 10.8. The number of H-pyrrole nitrogens is 1. The van der Waals surface area contributed by atoms with Crippen LogP contribution in [0.25, 0.3) is 0 Å². The third-order valence-corrected chi connectivity index (χ3v) is 6.06. The second-order valence-electron chi connectivity index (χ2n) is 5.72. The minimum absolute atomic E-state index is 0.0984. The summed E-state index contributed by atoms with van der Waals surface area (Å²) in [5.74, 6) is 1.04. The number of hydrogen-bond donors (Lipinski definition) is 1. The molecule has 0 unspecified atom stereocenters. The van der Waals surface area contributed by atoms with Gasteiger partial charge in [0.1, 0.15) is 5.82 Å². The highest BCUT2D eigenvalue weighted by atomic mass is 32.2. The molecule has 0 bridgehead atoms. The molecular weight excluding hydrogens is 336 g/mol. The van der Waals surface area contributed by atoms with Gasteiger partial charge < -0.3 is 0 Å². The zero-order chi connectivity index (χ0) is 16.8. The Morgan fingerprint density at radius 1 is 1.39 bits per heavy atom. The van der Waals surface area contributed by atoms with Crippen LogP contribution in [0, 0.1) is 25.5 Å². The molecule has 0 amide bonds. The van der Waals surface area contributed by atoms with Crippen LogP contribution >= 0.6 is 12.2 Å². The molecule has 2 aromatic heterocycles.